The van der Waals surface area contributed by atoms with Crippen molar-refractivity contribution in [3.05, 3.63) is 33.8 Å². The molecular formula is C10H9NOS. The molecule has 0 atom stereocenters. The Bertz CT molecular complexity index is 403. The lowest BCUT2D eigenvalue weighted by Gasteiger charge is -2.20. The molecule has 2 heterocycles. The maximum Gasteiger partial charge on any atom is 0.149 e. The van der Waals surface area contributed by atoms with Crippen molar-refractivity contribution < 1.29 is 4.74 Å². The van der Waals surface area contributed by atoms with Crippen LogP contribution in [0.4, 0.5) is 0 Å². The van der Waals surface area contributed by atoms with E-state index in [1.807, 2.05) is 5.51 Å². The Morgan fingerprint density at radius 3 is 3.38 bits per heavy atom. The third-order valence-electron chi connectivity index (χ3n) is 2.41. The average Bonchev–Trinajstić information content (AvgIpc) is 2.65. The SMILES string of the molecule is C1=CC2=C(OC1)c1ncsc1CC2. The molecular weight excluding hydrogens is 182 g/mol. The fourth-order valence-corrected chi connectivity index (χ4v) is 2.55. The second-order valence-electron chi connectivity index (χ2n) is 3.19. The molecule has 1 aliphatic carbocycles. The molecule has 2 aliphatic rings. The zero-order chi connectivity index (χ0) is 8.67. The quantitative estimate of drug-likeness (QED) is 0.628. The summed E-state index contributed by atoms with van der Waals surface area (Å²) in [5, 5.41) is 0. The van der Waals surface area contributed by atoms with Gasteiger partial charge >= 0.3 is 0 Å². The Morgan fingerprint density at radius 2 is 2.38 bits per heavy atom. The molecule has 0 spiro atoms. The summed E-state index contributed by atoms with van der Waals surface area (Å²) in [6.45, 7) is 0.690. The van der Waals surface area contributed by atoms with Gasteiger partial charge in [0.2, 0.25) is 0 Å². The molecule has 0 amide bonds. The largest absolute Gasteiger partial charge is 0.487 e. The fourth-order valence-electron chi connectivity index (χ4n) is 1.79. The maximum absolute atomic E-state index is 5.60. The molecule has 1 aliphatic heterocycles. The maximum atomic E-state index is 5.60. The molecule has 1 aromatic heterocycles. The van der Waals surface area contributed by atoms with Gasteiger partial charge in [-0.1, -0.05) is 6.08 Å². The predicted octanol–water partition coefficient (Wildman–Crippen LogP) is 2.39. The number of ether oxygens (including phenoxy) is 1. The van der Waals surface area contributed by atoms with Crippen molar-refractivity contribution in [3.8, 4) is 0 Å². The molecule has 0 bridgehead atoms. The molecule has 0 unspecified atom stereocenters. The molecule has 0 aromatic carbocycles. The van der Waals surface area contributed by atoms with E-state index in [9.17, 15) is 0 Å². The number of hydrogen-bond donors (Lipinski definition) is 0. The number of thiazole rings is 1. The summed E-state index contributed by atoms with van der Waals surface area (Å²) in [6.07, 6.45) is 6.45. The van der Waals surface area contributed by atoms with Gasteiger partial charge in [0.1, 0.15) is 18.1 Å². The Kier molecular flexibility index (Phi) is 1.52. The zero-order valence-corrected chi connectivity index (χ0v) is 7.93. The van der Waals surface area contributed by atoms with Crippen LogP contribution >= 0.6 is 11.3 Å². The summed E-state index contributed by atoms with van der Waals surface area (Å²) in [5.41, 5.74) is 4.29. The summed E-state index contributed by atoms with van der Waals surface area (Å²) in [4.78, 5) is 5.71. The minimum Gasteiger partial charge on any atom is -0.487 e. The number of aryl methyl sites for hydroxylation is 1. The standard InChI is InChI=1S/C10H9NOS/c1-2-7-3-4-8-9(11-6-13-8)10(7)12-5-1/h1-2,6H,3-5H2. The van der Waals surface area contributed by atoms with Gasteiger partial charge in [0.25, 0.3) is 0 Å². The van der Waals surface area contributed by atoms with Crippen LogP contribution in [-0.4, -0.2) is 11.6 Å². The first-order chi connectivity index (χ1) is 6.45. The highest BCUT2D eigenvalue weighted by Crippen LogP contribution is 2.35. The Hall–Kier alpha value is -1.09. The number of fused-ring (bicyclic) bond motifs is 2. The van der Waals surface area contributed by atoms with Crippen LogP contribution in [0, 0.1) is 0 Å². The number of aromatic nitrogens is 1. The molecule has 0 saturated heterocycles. The number of allylic oxidation sites excluding steroid dienone is 2. The zero-order valence-electron chi connectivity index (χ0n) is 7.12. The van der Waals surface area contributed by atoms with Crippen LogP contribution in [0.25, 0.3) is 5.76 Å². The van der Waals surface area contributed by atoms with Crippen molar-refractivity contribution >= 4 is 17.1 Å². The fraction of sp³-hybridized carbons (Fsp3) is 0.300. The number of rotatable bonds is 0. The first-order valence-corrected chi connectivity index (χ1v) is 5.28. The monoisotopic (exact) mass is 191 g/mol. The topological polar surface area (TPSA) is 22.1 Å². The highest BCUT2D eigenvalue weighted by molar-refractivity contribution is 7.09. The summed E-state index contributed by atoms with van der Waals surface area (Å²) in [5.74, 6) is 1.02. The van der Waals surface area contributed by atoms with E-state index in [1.54, 1.807) is 11.3 Å². The second-order valence-corrected chi connectivity index (χ2v) is 4.13. The summed E-state index contributed by atoms with van der Waals surface area (Å²) in [6, 6.07) is 0. The van der Waals surface area contributed by atoms with Gasteiger partial charge in [0.15, 0.2) is 0 Å². The van der Waals surface area contributed by atoms with Crippen molar-refractivity contribution in [1.82, 2.24) is 4.98 Å². The molecule has 0 saturated carbocycles. The van der Waals surface area contributed by atoms with Gasteiger partial charge in [0, 0.05) is 4.88 Å². The smallest absolute Gasteiger partial charge is 0.149 e. The highest BCUT2D eigenvalue weighted by Gasteiger charge is 2.22. The van der Waals surface area contributed by atoms with E-state index in [2.05, 4.69) is 17.1 Å². The summed E-state index contributed by atoms with van der Waals surface area (Å²) >= 11 is 1.73. The van der Waals surface area contributed by atoms with Gasteiger partial charge < -0.3 is 4.74 Å². The van der Waals surface area contributed by atoms with E-state index in [0.29, 0.717) is 6.61 Å². The van der Waals surface area contributed by atoms with Crippen LogP contribution < -0.4 is 0 Å². The van der Waals surface area contributed by atoms with Gasteiger partial charge in [0.05, 0.1) is 5.51 Å². The van der Waals surface area contributed by atoms with E-state index >= 15 is 0 Å². The molecule has 13 heavy (non-hydrogen) atoms. The Labute approximate surface area is 80.6 Å². The molecule has 3 rings (SSSR count). The molecule has 0 fully saturated rings. The summed E-state index contributed by atoms with van der Waals surface area (Å²) < 4.78 is 5.60. The normalized spacial score (nSPS) is 19.4. The molecule has 3 heteroatoms. The number of nitrogens with zero attached hydrogens (tertiary/aromatic N) is 1. The molecule has 1 aromatic rings. The van der Waals surface area contributed by atoms with Crippen molar-refractivity contribution in [3.63, 3.8) is 0 Å². The lowest BCUT2D eigenvalue weighted by atomic mass is 9.98. The Balaban J connectivity index is 2.18. The number of hydrogen-bond acceptors (Lipinski definition) is 3. The first-order valence-electron chi connectivity index (χ1n) is 4.40. The van der Waals surface area contributed by atoms with Crippen LogP contribution in [0.3, 0.4) is 0 Å². The minimum atomic E-state index is 0.690. The van der Waals surface area contributed by atoms with E-state index < -0.39 is 0 Å². The van der Waals surface area contributed by atoms with E-state index in [1.165, 1.54) is 10.5 Å². The lowest BCUT2D eigenvalue weighted by Crippen LogP contribution is -2.08. The second kappa shape index (κ2) is 2.70. The Morgan fingerprint density at radius 1 is 1.38 bits per heavy atom. The van der Waals surface area contributed by atoms with Gasteiger partial charge in [-0.25, -0.2) is 4.98 Å². The first kappa shape index (κ1) is 7.33. The van der Waals surface area contributed by atoms with Crippen molar-refractivity contribution in [2.75, 3.05) is 6.61 Å². The van der Waals surface area contributed by atoms with Gasteiger partial charge in [-0.05, 0) is 24.5 Å². The predicted molar refractivity (Wildman–Crippen MR) is 52.4 cm³/mol. The van der Waals surface area contributed by atoms with Crippen molar-refractivity contribution in [1.29, 1.82) is 0 Å². The van der Waals surface area contributed by atoms with E-state index in [4.69, 9.17) is 4.74 Å². The average molecular weight is 191 g/mol. The lowest BCUT2D eigenvalue weighted by molar-refractivity contribution is 0.309. The van der Waals surface area contributed by atoms with Gasteiger partial charge in [-0.3, -0.25) is 0 Å². The van der Waals surface area contributed by atoms with Crippen LogP contribution in [0.15, 0.2) is 23.2 Å². The third-order valence-corrected chi connectivity index (χ3v) is 3.30. The van der Waals surface area contributed by atoms with Crippen molar-refractivity contribution in [2.24, 2.45) is 0 Å². The molecule has 0 radical (unpaired) electrons. The molecule has 0 N–H and O–H groups in total. The summed E-state index contributed by atoms with van der Waals surface area (Å²) in [7, 11) is 0. The van der Waals surface area contributed by atoms with E-state index in [0.717, 1.165) is 24.3 Å². The molecule has 2 nitrogen and oxygen atoms in total. The molecule has 66 valence electrons. The van der Waals surface area contributed by atoms with Gasteiger partial charge in [-0.2, -0.15) is 0 Å². The minimum absolute atomic E-state index is 0.690. The van der Waals surface area contributed by atoms with Gasteiger partial charge in [-0.15, -0.1) is 11.3 Å². The van der Waals surface area contributed by atoms with E-state index in [-0.39, 0.29) is 0 Å². The van der Waals surface area contributed by atoms with Crippen LogP contribution in [0.2, 0.25) is 0 Å². The van der Waals surface area contributed by atoms with Crippen LogP contribution in [-0.2, 0) is 11.2 Å². The van der Waals surface area contributed by atoms with Crippen molar-refractivity contribution in [2.45, 2.75) is 12.8 Å². The third kappa shape index (κ3) is 1.04. The van der Waals surface area contributed by atoms with Crippen LogP contribution in [0.5, 0.6) is 0 Å². The van der Waals surface area contributed by atoms with Crippen LogP contribution in [0.1, 0.15) is 17.0 Å². The highest BCUT2D eigenvalue weighted by atomic mass is 32.1.